The number of methoxy groups -OCH3 is 3. The Morgan fingerprint density at radius 3 is 2.15 bits per heavy atom. The van der Waals surface area contributed by atoms with Crippen molar-refractivity contribution < 1.29 is 23.8 Å². The number of imide groups is 1. The van der Waals surface area contributed by atoms with Gasteiger partial charge in [0.1, 0.15) is 6.04 Å². The van der Waals surface area contributed by atoms with E-state index in [0.717, 1.165) is 5.56 Å². The summed E-state index contributed by atoms with van der Waals surface area (Å²) in [7, 11) is 4.46. The average Bonchev–Trinajstić information content (AvgIpc) is 2.96. The number of nitrogens with zero attached hydrogens (tertiary/aromatic N) is 1. The number of anilines is 2. The molecule has 0 spiro atoms. The lowest BCUT2D eigenvalue weighted by Gasteiger charge is -2.24. The Hall–Kier alpha value is -3.42. The molecule has 1 aliphatic rings. The van der Waals surface area contributed by atoms with E-state index in [1.54, 1.807) is 30.3 Å². The van der Waals surface area contributed by atoms with Gasteiger partial charge in [0.2, 0.25) is 5.75 Å². The van der Waals surface area contributed by atoms with Gasteiger partial charge in [0.05, 0.1) is 21.3 Å². The van der Waals surface area contributed by atoms with Crippen molar-refractivity contribution in [3.05, 3.63) is 41.5 Å². The fourth-order valence-electron chi connectivity index (χ4n) is 3.07. The third-order valence-corrected chi connectivity index (χ3v) is 4.50. The van der Waals surface area contributed by atoms with E-state index in [0.29, 0.717) is 34.2 Å². The van der Waals surface area contributed by atoms with Crippen molar-refractivity contribution >= 4 is 23.3 Å². The summed E-state index contributed by atoms with van der Waals surface area (Å²) in [6.07, 6.45) is 0. The molecule has 1 aliphatic heterocycles. The molecule has 0 radical (unpaired) electrons. The number of aryl methyl sites for hydroxylation is 1. The molecule has 0 aliphatic carbocycles. The Bertz CT molecular complexity index is 887. The lowest BCUT2D eigenvalue weighted by Crippen LogP contribution is -2.29. The van der Waals surface area contributed by atoms with Crippen LogP contribution in [0.25, 0.3) is 0 Å². The number of rotatable bonds is 5. The molecule has 2 aromatic carbocycles. The first-order valence-corrected chi connectivity index (χ1v) is 8.21. The molecule has 0 aromatic heterocycles. The number of nitrogen functional groups attached to an aromatic ring is 1. The standard InChI is InChI=1S/C19H21N3O5/c1-10-5-6-12(9-13(10)20)22-16(18(23)21-19(22)24)11-7-14(25-2)17(27-4)15(8-11)26-3/h5-9,16H,20H2,1-4H3,(H,21,23,24). The summed E-state index contributed by atoms with van der Waals surface area (Å²) in [5.41, 5.74) is 8.43. The summed E-state index contributed by atoms with van der Waals surface area (Å²) in [5.74, 6) is 0.734. The third-order valence-electron chi connectivity index (χ3n) is 4.50. The second-order valence-corrected chi connectivity index (χ2v) is 6.07. The van der Waals surface area contributed by atoms with Crippen LogP contribution in [0.1, 0.15) is 17.2 Å². The zero-order valence-corrected chi connectivity index (χ0v) is 15.5. The largest absolute Gasteiger partial charge is 0.493 e. The van der Waals surface area contributed by atoms with Crippen LogP contribution in [0.3, 0.4) is 0 Å². The van der Waals surface area contributed by atoms with Crippen molar-refractivity contribution in [2.24, 2.45) is 0 Å². The van der Waals surface area contributed by atoms with Crippen molar-refractivity contribution in [2.75, 3.05) is 32.0 Å². The Morgan fingerprint density at radius 2 is 1.63 bits per heavy atom. The predicted octanol–water partition coefficient (Wildman–Crippen LogP) is 2.40. The number of carbonyl (C=O) groups is 2. The molecule has 0 saturated carbocycles. The predicted molar refractivity (Wildman–Crippen MR) is 100 cm³/mol. The van der Waals surface area contributed by atoms with Gasteiger partial charge in [-0.1, -0.05) is 6.07 Å². The van der Waals surface area contributed by atoms with Crippen molar-refractivity contribution in [2.45, 2.75) is 13.0 Å². The maximum absolute atomic E-state index is 12.6. The highest BCUT2D eigenvalue weighted by atomic mass is 16.5. The number of hydrogen-bond donors (Lipinski definition) is 2. The normalized spacial score (nSPS) is 16.3. The quantitative estimate of drug-likeness (QED) is 0.618. The third kappa shape index (κ3) is 3.10. The van der Waals surface area contributed by atoms with E-state index in [4.69, 9.17) is 19.9 Å². The minimum atomic E-state index is -0.895. The SMILES string of the molecule is COc1cc(C2C(=O)NC(=O)N2c2ccc(C)c(N)c2)cc(OC)c1OC. The maximum atomic E-state index is 12.6. The number of nitrogens with two attached hydrogens (primary N) is 1. The first kappa shape index (κ1) is 18.4. The Balaban J connectivity index is 2.14. The number of nitrogens with one attached hydrogen (secondary N) is 1. The van der Waals surface area contributed by atoms with Gasteiger partial charge in [-0.05, 0) is 42.3 Å². The van der Waals surface area contributed by atoms with Gasteiger partial charge in [-0.15, -0.1) is 0 Å². The minimum absolute atomic E-state index is 0.391. The summed E-state index contributed by atoms with van der Waals surface area (Å²) in [5, 5.41) is 2.35. The van der Waals surface area contributed by atoms with Crippen molar-refractivity contribution in [1.82, 2.24) is 5.32 Å². The number of ether oxygens (including phenoxy) is 3. The number of hydrogen-bond acceptors (Lipinski definition) is 6. The molecule has 1 heterocycles. The Kier molecular flexibility index (Phi) is 4.81. The summed E-state index contributed by atoms with van der Waals surface area (Å²) in [4.78, 5) is 26.4. The lowest BCUT2D eigenvalue weighted by atomic mass is 10.0. The van der Waals surface area contributed by atoms with Crippen LogP contribution < -0.4 is 30.2 Å². The van der Waals surface area contributed by atoms with Gasteiger partial charge in [-0.2, -0.15) is 0 Å². The van der Waals surface area contributed by atoms with Crippen molar-refractivity contribution in [1.29, 1.82) is 0 Å². The van der Waals surface area contributed by atoms with Gasteiger partial charge in [-0.25, -0.2) is 4.79 Å². The van der Waals surface area contributed by atoms with E-state index in [1.165, 1.54) is 26.2 Å². The summed E-state index contributed by atoms with van der Waals surface area (Å²) in [6, 6.07) is 7.08. The smallest absolute Gasteiger partial charge is 0.329 e. The Labute approximate surface area is 156 Å². The minimum Gasteiger partial charge on any atom is -0.493 e. The molecule has 27 heavy (non-hydrogen) atoms. The molecule has 0 bridgehead atoms. The van der Waals surface area contributed by atoms with E-state index in [9.17, 15) is 9.59 Å². The van der Waals surface area contributed by atoms with E-state index >= 15 is 0 Å². The zero-order chi connectivity index (χ0) is 19.7. The molecule has 8 heteroatoms. The maximum Gasteiger partial charge on any atom is 0.329 e. The van der Waals surface area contributed by atoms with E-state index in [1.807, 2.05) is 6.92 Å². The Morgan fingerprint density at radius 1 is 1.00 bits per heavy atom. The van der Waals surface area contributed by atoms with Gasteiger partial charge in [0, 0.05) is 11.4 Å². The number of carbonyl (C=O) groups excluding carboxylic acids is 2. The molecule has 1 atom stereocenters. The highest BCUT2D eigenvalue weighted by Crippen LogP contribution is 2.42. The van der Waals surface area contributed by atoms with Gasteiger partial charge < -0.3 is 19.9 Å². The van der Waals surface area contributed by atoms with Crippen LogP contribution in [0, 0.1) is 6.92 Å². The van der Waals surface area contributed by atoms with Gasteiger partial charge >= 0.3 is 6.03 Å². The molecule has 142 valence electrons. The molecule has 1 fully saturated rings. The van der Waals surface area contributed by atoms with Crippen LogP contribution in [0.5, 0.6) is 17.2 Å². The second kappa shape index (κ2) is 7.06. The fourth-order valence-corrected chi connectivity index (χ4v) is 3.07. The molecule has 3 rings (SSSR count). The molecule has 1 unspecified atom stereocenters. The van der Waals surface area contributed by atoms with Crippen molar-refractivity contribution in [3.8, 4) is 17.2 Å². The van der Waals surface area contributed by atoms with Crippen LogP contribution in [-0.2, 0) is 4.79 Å². The topological polar surface area (TPSA) is 103 Å². The van der Waals surface area contributed by atoms with Crippen molar-refractivity contribution in [3.63, 3.8) is 0 Å². The number of urea groups is 1. The number of amides is 3. The van der Waals surface area contributed by atoms with E-state index in [2.05, 4.69) is 5.32 Å². The molecule has 2 aromatic rings. The molecule has 3 amide bonds. The molecule has 8 nitrogen and oxygen atoms in total. The van der Waals surface area contributed by atoms with Crippen LogP contribution >= 0.6 is 0 Å². The highest BCUT2D eigenvalue weighted by molar-refractivity contribution is 6.14. The summed E-state index contributed by atoms with van der Waals surface area (Å²) >= 11 is 0. The van der Waals surface area contributed by atoms with Gasteiger partial charge in [-0.3, -0.25) is 15.0 Å². The van der Waals surface area contributed by atoms with Crippen LogP contribution in [0.2, 0.25) is 0 Å². The van der Waals surface area contributed by atoms with E-state index in [-0.39, 0.29) is 0 Å². The first-order valence-electron chi connectivity index (χ1n) is 8.21. The molecular formula is C19H21N3O5. The van der Waals surface area contributed by atoms with Crippen LogP contribution in [0.15, 0.2) is 30.3 Å². The second-order valence-electron chi connectivity index (χ2n) is 6.07. The average molecular weight is 371 g/mol. The lowest BCUT2D eigenvalue weighted by molar-refractivity contribution is -0.119. The molecule has 1 saturated heterocycles. The highest BCUT2D eigenvalue weighted by Gasteiger charge is 2.41. The fraction of sp³-hybridized carbons (Fsp3) is 0.263. The molecule has 3 N–H and O–H groups in total. The van der Waals surface area contributed by atoms with Crippen LogP contribution in [0.4, 0.5) is 16.2 Å². The van der Waals surface area contributed by atoms with Gasteiger partial charge in [0.25, 0.3) is 5.91 Å². The first-order chi connectivity index (χ1) is 12.9. The van der Waals surface area contributed by atoms with Gasteiger partial charge in [0.15, 0.2) is 11.5 Å². The summed E-state index contributed by atoms with van der Waals surface area (Å²) in [6.45, 7) is 1.87. The van der Waals surface area contributed by atoms with E-state index < -0.39 is 18.0 Å². The number of benzene rings is 2. The summed E-state index contributed by atoms with van der Waals surface area (Å²) < 4.78 is 16.0. The van der Waals surface area contributed by atoms with Crippen LogP contribution in [-0.4, -0.2) is 33.3 Å². The zero-order valence-electron chi connectivity index (χ0n) is 15.5. The monoisotopic (exact) mass is 371 g/mol. The molecular weight excluding hydrogens is 350 g/mol.